The number of aromatic amines is 1. The Morgan fingerprint density at radius 1 is 1.10 bits per heavy atom. The van der Waals surface area contributed by atoms with Gasteiger partial charge in [-0.15, -0.1) is 0 Å². The van der Waals surface area contributed by atoms with Crippen LogP contribution in [0.3, 0.4) is 0 Å². The summed E-state index contributed by atoms with van der Waals surface area (Å²) < 4.78 is 5.28. The van der Waals surface area contributed by atoms with E-state index in [2.05, 4.69) is 20.9 Å². The Morgan fingerprint density at radius 2 is 1.87 bits per heavy atom. The zero-order valence-corrected chi connectivity index (χ0v) is 16.5. The molecule has 2 aliphatic rings. The summed E-state index contributed by atoms with van der Waals surface area (Å²) in [7, 11) is 0. The minimum atomic E-state index is -0.415. The van der Waals surface area contributed by atoms with Crippen LogP contribution in [-0.4, -0.2) is 59.6 Å². The van der Waals surface area contributed by atoms with Crippen LogP contribution in [0.1, 0.15) is 26.3 Å². The average molecular weight is 417 g/mol. The third-order valence-corrected chi connectivity index (χ3v) is 5.39. The molecule has 0 spiro atoms. The molecule has 1 aliphatic carbocycles. The van der Waals surface area contributed by atoms with Gasteiger partial charge in [-0.25, -0.2) is 9.80 Å². The van der Waals surface area contributed by atoms with Crippen LogP contribution >= 0.6 is 0 Å². The lowest BCUT2D eigenvalue weighted by Crippen LogP contribution is -2.49. The molecular formula is C22H19N5O4. The highest BCUT2D eigenvalue weighted by atomic mass is 16.5. The molecule has 0 radical (unpaired) electrons. The molecule has 1 saturated heterocycles. The number of hydrogen-bond acceptors (Lipinski definition) is 6. The summed E-state index contributed by atoms with van der Waals surface area (Å²) in [6, 6.07) is 11.8. The summed E-state index contributed by atoms with van der Waals surface area (Å²) in [5.41, 5.74) is 7.18. The van der Waals surface area contributed by atoms with E-state index < -0.39 is 6.03 Å². The maximum absolute atomic E-state index is 13.3. The van der Waals surface area contributed by atoms with E-state index in [1.165, 1.54) is 0 Å². The smallest absolute Gasteiger partial charge is 0.333 e. The Kier molecular flexibility index (Phi) is 4.81. The molecule has 2 aromatic carbocycles. The van der Waals surface area contributed by atoms with Gasteiger partial charge in [0.2, 0.25) is 0 Å². The number of nitrogens with zero attached hydrogens (tertiary/aromatic N) is 2. The van der Waals surface area contributed by atoms with E-state index in [9.17, 15) is 14.4 Å². The third-order valence-electron chi connectivity index (χ3n) is 5.39. The van der Waals surface area contributed by atoms with Crippen LogP contribution in [0.25, 0.3) is 22.5 Å². The number of H-pyrrole nitrogens is 1. The van der Waals surface area contributed by atoms with Crippen molar-refractivity contribution in [2.24, 2.45) is 0 Å². The molecule has 9 heteroatoms. The molecule has 2 amide bonds. The van der Waals surface area contributed by atoms with Crippen molar-refractivity contribution in [1.29, 1.82) is 0 Å². The van der Waals surface area contributed by atoms with Gasteiger partial charge in [0.05, 0.1) is 35.7 Å². The SMILES string of the molecule is O=Cc1ccc(-c2n[nH]c3c2C(=O)c2c(NC(=O)NN4CCOCC4)cccc2-3)cc1. The molecule has 0 saturated carbocycles. The number of hydrazine groups is 1. The Morgan fingerprint density at radius 3 is 2.61 bits per heavy atom. The number of rotatable bonds is 4. The molecule has 9 nitrogen and oxygen atoms in total. The van der Waals surface area contributed by atoms with Crippen molar-refractivity contribution in [3.05, 3.63) is 59.2 Å². The fraction of sp³-hybridized carbons (Fsp3) is 0.182. The minimum Gasteiger partial charge on any atom is -0.379 e. The molecule has 2 heterocycles. The summed E-state index contributed by atoms with van der Waals surface area (Å²) in [6.45, 7) is 2.30. The standard InChI is InChI=1S/C22H19N5O4/c28-12-13-4-6-14(7-5-13)19-18-20(25-24-19)15-2-1-3-16(17(15)21(18)29)23-22(30)26-27-8-10-31-11-9-27/h1-7,12H,8-11H2,(H,24,25)(H2,23,26,30). The van der Waals surface area contributed by atoms with E-state index in [1.54, 1.807) is 41.4 Å². The van der Waals surface area contributed by atoms with Gasteiger partial charge in [0, 0.05) is 29.8 Å². The van der Waals surface area contributed by atoms with Crippen molar-refractivity contribution in [2.75, 3.05) is 31.6 Å². The Bertz CT molecular complexity index is 1180. The lowest BCUT2D eigenvalue weighted by Gasteiger charge is -2.27. The fourth-order valence-electron chi connectivity index (χ4n) is 3.89. The lowest BCUT2D eigenvalue weighted by atomic mass is 10.0. The number of carbonyl (C=O) groups excluding carboxylic acids is 3. The summed E-state index contributed by atoms with van der Waals surface area (Å²) >= 11 is 0. The second-order valence-corrected chi connectivity index (χ2v) is 7.28. The van der Waals surface area contributed by atoms with Crippen molar-refractivity contribution in [1.82, 2.24) is 20.6 Å². The maximum atomic E-state index is 13.3. The number of aromatic nitrogens is 2. The second-order valence-electron chi connectivity index (χ2n) is 7.28. The zero-order chi connectivity index (χ0) is 21.4. The molecule has 3 N–H and O–H groups in total. The number of fused-ring (bicyclic) bond motifs is 3. The molecule has 0 atom stereocenters. The van der Waals surface area contributed by atoms with E-state index in [1.807, 2.05) is 6.07 Å². The Labute approximate surface area is 177 Å². The number of nitrogens with one attached hydrogen (secondary N) is 3. The van der Waals surface area contributed by atoms with Crippen molar-refractivity contribution in [3.8, 4) is 22.5 Å². The highest BCUT2D eigenvalue weighted by Gasteiger charge is 2.35. The van der Waals surface area contributed by atoms with Gasteiger partial charge < -0.3 is 10.1 Å². The highest BCUT2D eigenvalue weighted by Crippen LogP contribution is 2.42. The molecule has 1 aromatic heterocycles. The second kappa shape index (κ2) is 7.78. The normalized spacial score (nSPS) is 15.3. The number of ether oxygens (including phenoxy) is 1. The molecular weight excluding hydrogens is 398 g/mol. The van der Waals surface area contributed by atoms with Crippen molar-refractivity contribution in [2.45, 2.75) is 0 Å². The van der Waals surface area contributed by atoms with Gasteiger partial charge in [-0.05, 0) is 6.07 Å². The van der Waals surface area contributed by atoms with E-state index >= 15 is 0 Å². The summed E-state index contributed by atoms with van der Waals surface area (Å²) in [5, 5.41) is 11.9. The van der Waals surface area contributed by atoms with Crippen molar-refractivity contribution < 1.29 is 19.1 Å². The average Bonchev–Trinajstić information content (AvgIpc) is 3.35. The van der Waals surface area contributed by atoms with E-state index in [-0.39, 0.29) is 5.78 Å². The van der Waals surface area contributed by atoms with Crippen LogP contribution in [-0.2, 0) is 4.74 Å². The van der Waals surface area contributed by atoms with Gasteiger partial charge in [-0.2, -0.15) is 5.10 Å². The van der Waals surface area contributed by atoms with Gasteiger partial charge in [0.1, 0.15) is 12.0 Å². The summed E-state index contributed by atoms with van der Waals surface area (Å²) in [5.74, 6) is -0.213. The van der Waals surface area contributed by atoms with Crippen LogP contribution in [0.15, 0.2) is 42.5 Å². The number of hydrogen-bond donors (Lipinski definition) is 3. The number of morpholine rings is 1. The lowest BCUT2D eigenvalue weighted by molar-refractivity contribution is 0.0207. The molecule has 5 rings (SSSR count). The first-order valence-corrected chi connectivity index (χ1v) is 9.88. The number of urea groups is 1. The number of benzene rings is 2. The predicted molar refractivity (Wildman–Crippen MR) is 113 cm³/mol. The predicted octanol–water partition coefficient (Wildman–Crippen LogP) is 2.47. The van der Waals surface area contributed by atoms with Gasteiger partial charge in [0.25, 0.3) is 0 Å². The first-order valence-electron chi connectivity index (χ1n) is 9.88. The number of ketones is 1. The Balaban J connectivity index is 1.43. The highest BCUT2D eigenvalue weighted by molar-refractivity contribution is 6.26. The fourth-order valence-corrected chi connectivity index (χ4v) is 3.89. The molecule has 156 valence electrons. The number of anilines is 1. The van der Waals surface area contributed by atoms with Gasteiger partial charge >= 0.3 is 6.03 Å². The van der Waals surface area contributed by atoms with Crippen LogP contribution in [0, 0.1) is 0 Å². The topological polar surface area (TPSA) is 116 Å². The first-order chi connectivity index (χ1) is 15.2. The Hall–Kier alpha value is -3.82. The molecule has 1 fully saturated rings. The quantitative estimate of drug-likeness (QED) is 0.439. The van der Waals surface area contributed by atoms with Crippen LogP contribution in [0.2, 0.25) is 0 Å². The largest absolute Gasteiger partial charge is 0.379 e. The van der Waals surface area contributed by atoms with Crippen molar-refractivity contribution >= 4 is 23.8 Å². The van der Waals surface area contributed by atoms with E-state index in [0.29, 0.717) is 65.6 Å². The number of aldehydes is 1. The van der Waals surface area contributed by atoms with Crippen molar-refractivity contribution in [3.63, 3.8) is 0 Å². The number of carbonyl (C=O) groups is 3. The molecule has 1 aliphatic heterocycles. The third kappa shape index (κ3) is 3.39. The summed E-state index contributed by atoms with van der Waals surface area (Å²) in [4.78, 5) is 36.7. The van der Waals surface area contributed by atoms with Gasteiger partial charge in [0.15, 0.2) is 5.78 Å². The maximum Gasteiger partial charge on any atom is 0.333 e. The monoisotopic (exact) mass is 417 g/mol. The molecule has 0 unspecified atom stereocenters. The number of amides is 2. The van der Waals surface area contributed by atoms with Crippen LogP contribution in [0.5, 0.6) is 0 Å². The van der Waals surface area contributed by atoms with Gasteiger partial charge in [-0.3, -0.25) is 20.1 Å². The summed E-state index contributed by atoms with van der Waals surface area (Å²) in [6.07, 6.45) is 0.764. The van der Waals surface area contributed by atoms with E-state index in [0.717, 1.165) is 11.8 Å². The zero-order valence-electron chi connectivity index (χ0n) is 16.5. The first kappa shape index (κ1) is 19.2. The van der Waals surface area contributed by atoms with Gasteiger partial charge in [-0.1, -0.05) is 36.4 Å². The van der Waals surface area contributed by atoms with Crippen LogP contribution < -0.4 is 10.7 Å². The minimum absolute atomic E-state index is 0.213. The van der Waals surface area contributed by atoms with E-state index in [4.69, 9.17) is 4.74 Å². The molecule has 3 aromatic rings. The molecule has 0 bridgehead atoms. The van der Waals surface area contributed by atoms with Crippen LogP contribution in [0.4, 0.5) is 10.5 Å². The molecule has 31 heavy (non-hydrogen) atoms.